The molecule has 1 aliphatic heterocycles. The van der Waals surface area contributed by atoms with Gasteiger partial charge in [0.1, 0.15) is 0 Å². The summed E-state index contributed by atoms with van der Waals surface area (Å²) in [6.07, 6.45) is 2.86. The van der Waals surface area contributed by atoms with Crippen LogP contribution in [-0.4, -0.2) is 48.5 Å². The maximum Gasteiger partial charge on any atom is 0.231 e. The van der Waals surface area contributed by atoms with Crippen molar-refractivity contribution in [3.05, 3.63) is 41.5 Å². The molecule has 8 heteroatoms. The van der Waals surface area contributed by atoms with Gasteiger partial charge in [0.05, 0.1) is 32.6 Å². The third kappa shape index (κ3) is 4.32. The highest BCUT2D eigenvalue weighted by molar-refractivity contribution is 7.90. The number of anilines is 1. The van der Waals surface area contributed by atoms with E-state index in [-0.39, 0.29) is 17.2 Å². The van der Waals surface area contributed by atoms with E-state index in [1.807, 2.05) is 0 Å². The fourth-order valence-corrected chi connectivity index (χ4v) is 4.24. The van der Waals surface area contributed by atoms with Crippen LogP contribution in [0.15, 0.2) is 35.2 Å². The van der Waals surface area contributed by atoms with Gasteiger partial charge in [-0.05, 0) is 54.3 Å². The first-order valence-corrected chi connectivity index (χ1v) is 11.1. The second-order valence-corrected chi connectivity index (χ2v) is 8.94. The number of rotatable bonds is 6. The van der Waals surface area contributed by atoms with Crippen molar-refractivity contribution in [1.82, 2.24) is 0 Å². The molecule has 1 amide bonds. The van der Waals surface area contributed by atoms with Gasteiger partial charge < -0.3 is 19.1 Å². The Morgan fingerprint density at radius 3 is 2.24 bits per heavy atom. The third-order valence-corrected chi connectivity index (χ3v) is 6.09. The van der Waals surface area contributed by atoms with Crippen molar-refractivity contribution in [2.24, 2.45) is 0 Å². The summed E-state index contributed by atoms with van der Waals surface area (Å²) >= 11 is 0. The third-order valence-electron chi connectivity index (χ3n) is 4.98. The lowest BCUT2D eigenvalue weighted by molar-refractivity contribution is -0.118. The summed E-state index contributed by atoms with van der Waals surface area (Å²) in [5.74, 6) is 1.38. The van der Waals surface area contributed by atoms with Gasteiger partial charge in [0.2, 0.25) is 11.7 Å². The van der Waals surface area contributed by atoms with Gasteiger partial charge in [-0.2, -0.15) is 0 Å². The number of sulfone groups is 1. The molecular formula is C21H25NO6S. The number of carbonyl (C=O) groups is 1. The molecule has 7 nitrogen and oxygen atoms in total. The van der Waals surface area contributed by atoms with Gasteiger partial charge >= 0.3 is 0 Å². The Morgan fingerprint density at radius 2 is 1.69 bits per heavy atom. The number of hydrogen-bond donors (Lipinski definition) is 0. The van der Waals surface area contributed by atoms with Gasteiger partial charge in [-0.3, -0.25) is 4.79 Å². The van der Waals surface area contributed by atoms with Gasteiger partial charge in [0, 0.05) is 18.5 Å². The highest BCUT2D eigenvalue weighted by Crippen LogP contribution is 2.38. The highest BCUT2D eigenvalue weighted by atomic mass is 32.2. The lowest BCUT2D eigenvalue weighted by Gasteiger charge is -2.30. The van der Waals surface area contributed by atoms with Crippen LogP contribution in [0.25, 0.3) is 0 Å². The first-order chi connectivity index (χ1) is 13.8. The Bertz CT molecular complexity index is 1010. The average molecular weight is 419 g/mol. The number of ether oxygens (including phenoxy) is 3. The highest BCUT2D eigenvalue weighted by Gasteiger charge is 2.25. The minimum Gasteiger partial charge on any atom is -0.493 e. The van der Waals surface area contributed by atoms with Crippen molar-refractivity contribution in [2.75, 3.05) is 39.0 Å². The van der Waals surface area contributed by atoms with Gasteiger partial charge in [-0.1, -0.05) is 0 Å². The Hall–Kier alpha value is -2.74. The summed E-state index contributed by atoms with van der Waals surface area (Å²) in [5.41, 5.74) is 2.38. The average Bonchev–Trinajstić information content (AvgIpc) is 2.71. The number of fused-ring (bicyclic) bond motifs is 1. The second kappa shape index (κ2) is 8.32. The van der Waals surface area contributed by atoms with Crippen molar-refractivity contribution in [1.29, 1.82) is 0 Å². The molecule has 3 rings (SSSR count). The molecule has 0 saturated carbocycles. The predicted octanol–water partition coefficient (Wildman–Crippen LogP) is 2.64. The van der Waals surface area contributed by atoms with Crippen molar-refractivity contribution in [2.45, 2.75) is 24.2 Å². The van der Waals surface area contributed by atoms with Crippen LogP contribution in [0.5, 0.6) is 17.2 Å². The fourth-order valence-electron chi connectivity index (χ4n) is 3.57. The smallest absolute Gasteiger partial charge is 0.231 e. The van der Waals surface area contributed by atoms with Crippen LogP contribution in [0, 0.1) is 0 Å². The van der Waals surface area contributed by atoms with Crippen LogP contribution in [0.3, 0.4) is 0 Å². The first-order valence-electron chi connectivity index (χ1n) is 9.20. The minimum absolute atomic E-state index is 0.0765. The number of aryl methyl sites for hydroxylation is 1. The molecule has 29 heavy (non-hydrogen) atoms. The van der Waals surface area contributed by atoms with E-state index in [1.165, 1.54) is 27.6 Å². The Labute approximate surface area is 171 Å². The van der Waals surface area contributed by atoms with Crippen molar-refractivity contribution >= 4 is 21.4 Å². The topological polar surface area (TPSA) is 82.1 Å². The molecule has 1 heterocycles. The number of benzene rings is 2. The zero-order chi connectivity index (χ0) is 21.2. The first kappa shape index (κ1) is 21.0. The fraction of sp³-hybridized carbons (Fsp3) is 0.381. The van der Waals surface area contributed by atoms with Crippen LogP contribution in [0.4, 0.5) is 5.69 Å². The summed E-state index contributed by atoms with van der Waals surface area (Å²) in [5, 5.41) is 0. The summed E-state index contributed by atoms with van der Waals surface area (Å²) in [7, 11) is 1.30. The molecule has 0 spiro atoms. The molecule has 0 N–H and O–H groups in total. The van der Waals surface area contributed by atoms with E-state index < -0.39 is 9.84 Å². The van der Waals surface area contributed by atoms with Crippen molar-refractivity contribution < 1.29 is 27.4 Å². The lowest BCUT2D eigenvalue weighted by atomic mass is 10.0. The molecule has 0 unspecified atom stereocenters. The molecule has 0 aromatic heterocycles. The molecule has 0 saturated heterocycles. The van der Waals surface area contributed by atoms with Crippen LogP contribution < -0.4 is 19.1 Å². The molecule has 1 aliphatic rings. The normalized spacial score (nSPS) is 13.6. The number of hydrogen-bond acceptors (Lipinski definition) is 6. The van der Waals surface area contributed by atoms with Crippen molar-refractivity contribution in [3.8, 4) is 17.2 Å². The predicted molar refractivity (Wildman–Crippen MR) is 110 cm³/mol. The molecule has 2 aromatic carbocycles. The number of nitrogens with zero attached hydrogens (tertiary/aromatic N) is 1. The zero-order valence-corrected chi connectivity index (χ0v) is 17.8. The largest absolute Gasteiger partial charge is 0.493 e. The summed E-state index contributed by atoms with van der Waals surface area (Å²) in [6.45, 7) is 0.592. The summed E-state index contributed by atoms with van der Waals surface area (Å²) in [6, 6.07) is 8.47. The summed E-state index contributed by atoms with van der Waals surface area (Å²) < 4.78 is 39.7. The quantitative estimate of drug-likeness (QED) is 0.716. The molecule has 2 aromatic rings. The standard InChI is InChI=1S/C21H25NO6S/c1-26-18-10-14(11-19(27-2)21(18)28-3)12-20(23)22-9-5-6-15-13-16(29(4,24)25)7-8-17(15)22/h7-8,10-11,13H,5-6,9,12H2,1-4H3. The van der Waals surface area contributed by atoms with E-state index >= 15 is 0 Å². The molecule has 0 radical (unpaired) electrons. The van der Waals surface area contributed by atoms with Crippen LogP contribution in [-0.2, 0) is 27.5 Å². The lowest BCUT2D eigenvalue weighted by Crippen LogP contribution is -2.36. The number of methoxy groups -OCH3 is 3. The molecule has 0 bridgehead atoms. The van der Waals surface area contributed by atoms with E-state index in [9.17, 15) is 13.2 Å². The molecule has 0 aliphatic carbocycles. The Balaban J connectivity index is 1.90. The van der Waals surface area contributed by atoms with Crippen LogP contribution in [0.1, 0.15) is 17.5 Å². The van der Waals surface area contributed by atoms with Crippen LogP contribution >= 0.6 is 0 Å². The molecule has 0 fully saturated rings. The van der Waals surface area contributed by atoms with E-state index in [4.69, 9.17) is 14.2 Å². The van der Waals surface area contributed by atoms with E-state index in [2.05, 4.69) is 0 Å². The monoisotopic (exact) mass is 419 g/mol. The van der Waals surface area contributed by atoms with E-state index in [0.717, 1.165) is 29.7 Å². The van der Waals surface area contributed by atoms with Gasteiger partial charge in [-0.15, -0.1) is 0 Å². The maximum atomic E-state index is 13.1. The van der Waals surface area contributed by atoms with E-state index in [1.54, 1.807) is 35.2 Å². The van der Waals surface area contributed by atoms with E-state index in [0.29, 0.717) is 23.8 Å². The Kier molecular flexibility index (Phi) is 6.02. The second-order valence-electron chi connectivity index (χ2n) is 6.92. The van der Waals surface area contributed by atoms with Gasteiger partial charge in [0.25, 0.3) is 0 Å². The summed E-state index contributed by atoms with van der Waals surface area (Å²) in [4.78, 5) is 15.1. The maximum absolute atomic E-state index is 13.1. The minimum atomic E-state index is -3.29. The molecule has 156 valence electrons. The van der Waals surface area contributed by atoms with Crippen LogP contribution in [0.2, 0.25) is 0 Å². The zero-order valence-electron chi connectivity index (χ0n) is 17.0. The van der Waals surface area contributed by atoms with Gasteiger partial charge in [0.15, 0.2) is 21.3 Å². The van der Waals surface area contributed by atoms with Gasteiger partial charge in [-0.25, -0.2) is 8.42 Å². The Morgan fingerprint density at radius 1 is 1.03 bits per heavy atom. The molecular weight excluding hydrogens is 394 g/mol. The molecule has 0 atom stereocenters. The number of carbonyl (C=O) groups excluding carboxylic acids is 1. The number of amides is 1. The van der Waals surface area contributed by atoms with Crippen molar-refractivity contribution in [3.63, 3.8) is 0 Å². The SMILES string of the molecule is COc1cc(CC(=O)N2CCCc3cc(S(C)(=O)=O)ccc32)cc(OC)c1OC.